The van der Waals surface area contributed by atoms with Crippen molar-refractivity contribution in [1.29, 1.82) is 0 Å². The van der Waals surface area contributed by atoms with Crippen molar-refractivity contribution >= 4 is 27.5 Å². The highest BCUT2D eigenvalue weighted by Gasteiger charge is 2.23. The fraction of sp³-hybridized carbons (Fsp3) is 0.571. The van der Waals surface area contributed by atoms with E-state index < -0.39 is 0 Å². The number of benzene rings is 1. The quantitative estimate of drug-likeness (QED) is 0.767. The fourth-order valence-electron chi connectivity index (χ4n) is 1.85. The average molecular weight is 337 g/mol. The van der Waals surface area contributed by atoms with E-state index in [0.717, 1.165) is 16.5 Å². The summed E-state index contributed by atoms with van der Waals surface area (Å²) in [7, 11) is 0. The van der Waals surface area contributed by atoms with Crippen molar-refractivity contribution in [1.82, 2.24) is 5.32 Å². The van der Waals surface area contributed by atoms with Crippen molar-refractivity contribution < 1.29 is 4.39 Å². The van der Waals surface area contributed by atoms with Gasteiger partial charge in [-0.3, -0.25) is 0 Å². The Morgan fingerprint density at radius 1 is 1.39 bits per heavy atom. The highest BCUT2D eigenvalue weighted by atomic mass is 79.9. The molecule has 1 atom stereocenters. The van der Waals surface area contributed by atoms with E-state index in [1.165, 1.54) is 12.1 Å². The SMILES string of the molecule is CC(C)(C)C(CCCl)NCc1ccc(F)cc1Br. The van der Waals surface area contributed by atoms with E-state index in [1.54, 1.807) is 6.07 Å². The van der Waals surface area contributed by atoms with E-state index in [4.69, 9.17) is 11.6 Å². The smallest absolute Gasteiger partial charge is 0.124 e. The largest absolute Gasteiger partial charge is 0.309 e. The van der Waals surface area contributed by atoms with Gasteiger partial charge in [-0.15, -0.1) is 11.6 Å². The van der Waals surface area contributed by atoms with Gasteiger partial charge in [0.1, 0.15) is 5.82 Å². The third kappa shape index (κ3) is 4.87. The molecule has 0 fully saturated rings. The average Bonchev–Trinajstić information content (AvgIpc) is 2.24. The van der Waals surface area contributed by atoms with Gasteiger partial charge in [0, 0.05) is 22.9 Å². The summed E-state index contributed by atoms with van der Waals surface area (Å²) in [5.41, 5.74) is 1.21. The molecule has 0 spiro atoms. The van der Waals surface area contributed by atoms with Crippen LogP contribution in [0.3, 0.4) is 0 Å². The second-order valence-electron chi connectivity index (χ2n) is 5.51. The fourth-order valence-corrected chi connectivity index (χ4v) is 2.56. The predicted molar refractivity (Wildman–Crippen MR) is 79.5 cm³/mol. The Morgan fingerprint density at radius 3 is 2.56 bits per heavy atom. The number of halogens is 3. The monoisotopic (exact) mass is 335 g/mol. The lowest BCUT2D eigenvalue weighted by atomic mass is 9.85. The molecule has 1 rings (SSSR count). The van der Waals surface area contributed by atoms with Crippen LogP contribution in [0.25, 0.3) is 0 Å². The molecule has 0 heterocycles. The van der Waals surface area contributed by atoms with E-state index in [-0.39, 0.29) is 11.2 Å². The molecule has 1 unspecified atom stereocenters. The van der Waals surface area contributed by atoms with Crippen molar-refractivity contribution in [2.24, 2.45) is 5.41 Å². The molecule has 0 aromatic heterocycles. The van der Waals surface area contributed by atoms with Crippen LogP contribution in [0.5, 0.6) is 0 Å². The summed E-state index contributed by atoms with van der Waals surface area (Å²) in [6, 6.07) is 5.11. The van der Waals surface area contributed by atoms with Crippen molar-refractivity contribution in [2.75, 3.05) is 5.88 Å². The molecule has 1 aromatic carbocycles. The van der Waals surface area contributed by atoms with Gasteiger partial charge in [0.15, 0.2) is 0 Å². The molecule has 102 valence electrons. The number of nitrogens with one attached hydrogen (secondary N) is 1. The molecule has 1 aromatic rings. The summed E-state index contributed by atoms with van der Waals surface area (Å²) in [4.78, 5) is 0. The summed E-state index contributed by atoms with van der Waals surface area (Å²) >= 11 is 9.22. The van der Waals surface area contributed by atoms with Crippen LogP contribution in [-0.4, -0.2) is 11.9 Å². The van der Waals surface area contributed by atoms with E-state index in [9.17, 15) is 4.39 Å². The minimum Gasteiger partial charge on any atom is -0.309 e. The molecular formula is C14H20BrClFN. The van der Waals surface area contributed by atoms with Crippen LogP contribution in [0.2, 0.25) is 0 Å². The topological polar surface area (TPSA) is 12.0 Å². The van der Waals surface area contributed by atoms with E-state index >= 15 is 0 Å². The van der Waals surface area contributed by atoms with Gasteiger partial charge in [-0.05, 0) is 29.5 Å². The predicted octanol–water partition coefficient (Wildman–Crippen LogP) is 4.72. The maximum absolute atomic E-state index is 13.0. The number of alkyl halides is 1. The van der Waals surface area contributed by atoms with Crippen molar-refractivity contribution in [3.05, 3.63) is 34.1 Å². The zero-order chi connectivity index (χ0) is 13.8. The van der Waals surface area contributed by atoms with Crippen molar-refractivity contribution in [3.8, 4) is 0 Å². The van der Waals surface area contributed by atoms with Crippen LogP contribution in [0.4, 0.5) is 4.39 Å². The van der Waals surface area contributed by atoms with Gasteiger partial charge in [0.25, 0.3) is 0 Å². The molecule has 1 N–H and O–H groups in total. The van der Waals surface area contributed by atoms with Crippen LogP contribution >= 0.6 is 27.5 Å². The minimum absolute atomic E-state index is 0.154. The standard InChI is InChI=1S/C14H20BrClFN/c1-14(2,3)13(6-7-16)18-9-10-4-5-11(17)8-12(10)15/h4-5,8,13,18H,6-7,9H2,1-3H3. The van der Waals surface area contributed by atoms with E-state index in [2.05, 4.69) is 42.0 Å². The first-order chi connectivity index (χ1) is 8.34. The Kier molecular flexibility index (Phi) is 6.09. The molecule has 1 nitrogen and oxygen atoms in total. The summed E-state index contributed by atoms with van der Waals surface area (Å²) < 4.78 is 13.8. The van der Waals surface area contributed by atoms with Crippen LogP contribution in [0.1, 0.15) is 32.8 Å². The van der Waals surface area contributed by atoms with Gasteiger partial charge in [0.2, 0.25) is 0 Å². The number of hydrogen-bond acceptors (Lipinski definition) is 1. The second kappa shape index (κ2) is 6.88. The Labute approximate surface area is 122 Å². The van der Waals surface area contributed by atoms with Gasteiger partial charge in [-0.2, -0.15) is 0 Å². The number of hydrogen-bond donors (Lipinski definition) is 1. The summed E-state index contributed by atoms with van der Waals surface area (Å²) in [6.07, 6.45) is 0.921. The molecule has 0 saturated heterocycles. The lowest BCUT2D eigenvalue weighted by Gasteiger charge is -2.31. The van der Waals surface area contributed by atoms with Gasteiger partial charge >= 0.3 is 0 Å². The Hall–Kier alpha value is -0.120. The molecule has 0 aliphatic heterocycles. The molecular weight excluding hydrogens is 317 g/mol. The molecule has 0 radical (unpaired) electrons. The van der Waals surface area contributed by atoms with Crippen LogP contribution in [-0.2, 0) is 6.54 Å². The van der Waals surface area contributed by atoms with Gasteiger partial charge in [-0.25, -0.2) is 4.39 Å². The molecule has 0 saturated carbocycles. The minimum atomic E-state index is -0.223. The van der Waals surface area contributed by atoms with Crippen molar-refractivity contribution in [2.45, 2.75) is 39.8 Å². The van der Waals surface area contributed by atoms with Gasteiger partial charge in [0.05, 0.1) is 0 Å². The number of rotatable bonds is 5. The first-order valence-electron chi connectivity index (χ1n) is 6.08. The Morgan fingerprint density at radius 2 is 2.06 bits per heavy atom. The van der Waals surface area contributed by atoms with Gasteiger partial charge < -0.3 is 5.32 Å². The Balaban J connectivity index is 2.67. The molecule has 0 aliphatic carbocycles. The highest BCUT2D eigenvalue weighted by molar-refractivity contribution is 9.10. The normalized spacial score (nSPS) is 13.7. The first-order valence-corrected chi connectivity index (χ1v) is 7.40. The van der Waals surface area contributed by atoms with Crippen LogP contribution in [0, 0.1) is 11.2 Å². The van der Waals surface area contributed by atoms with E-state index in [0.29, 0.717) is 18.5 Å². The second-order valence-corrected chi connectivity index (χ2v) is 6.75. The summed E-state index contributed by atoms with van der Waals surface area (Å²) in [5, 5.41) is 3.50. The molecule has 0 amide bonds. The van der Waals surface area contributed by atoms with Crippen LogP contribution < -0.4 is 5.32 Å². The maximum Gasteiger partial charge on any atom is 0.124 e. The lowest BCUT2D eigenvalue weighted by Crippen LogP contribution is -2.40. The third-order valence-electron chi connectivity index (χ3n) is 3.00. The van der Waals surface area contributed by atoms with Crippen LogP contribution in [0.15, 0.2) is 22.7 Å². The maximum atomic E-state index is 13.0. The molecule has 4 heteroatoms. The molecule has 18 heavy (non-hydrogen) atoms. The third-order valence-corrected chi connectivity index (χ3v) is 3.95. The van der Waals surface area contributed by atoms with Gasteiger partial charge in [-0.1, -0.05) is 42.8 Å². The van der Waals surface area contributed by atoms with E-state index in [1.807, 2.05) is 0 Å². The summed E-state index contributed by atoms with van der Waals surface area (Å²) in [5.74, 6) is 0.415. The zero-order valence-electron chi connectivity index (χ0n) is 11.1. The summed E-state index contributed by atoms with van der Waals surface area (Å²) in [6.45, 7) is 7.28. The molecule has 0 aliphatic rings. The Bertz CT molecular complexity index is 390. The molecule has 0 bridgehead atoms. The highest BCUT2D eigenvalue weighted by Crippen LogP contribution is 2.24. The lowest BCUT2D eigenvalue weighted by molar-refractivity contribution is 0.260. The first kappa shape index (κ1) is 15.9. The van der Waals surface area contributed by atoms with Crippen molar-refractivity contribution in [3.63, 3.8) is 0 Å². The zero-order valence-corrected chi connectivity index (χ0v) is 13.4.